The average Bonchev–Trinajstić information content (AvgIpc) is 2.84. The number of thioether (sulfide) groups is 1. The van der Waals surface area contributed by atoms with Crippen molar-refractivity contribution in [3.05, 3.63) is 47.3 Å². The van der Waals surface area contributed by atoms with Crippen molar-refractivity contribution in [2.24, 2.45) is 0 Å². The zero-order chi connectivity index (χ0) is 15.9. The first-order chi connectivity index (χ1) is 10.5. The van der Waals surface area contributed by atoms with Gasteiger partial charge in [0.25, 0.3) is 0 Å². The molecule has 1 aromatic heterocycles. The predicted octanol–water partition coefficient (Wildman–Crippen LogP) is 2.48. The van der Waals surface area contributed by atoms with Crippen LogP contribution in [0.25, 0.3) is 0 Å². The fourth-order valence-electron chi connectivity index (χ4n) is 1.87. The van der Waals surface area contributed by atoms with Crippen molar-refractivity contribution in [3.63, 3.8) is 0 Å². The van der Waals surface area contributed by atoms with E-state index in [1.54, 1.807) is 19.1 Å². The van der Waals surface area contributed by atoms with Gasteiger partial charge in [-0.2, -0.15) is 0 Å². The summed E-state index contributed by atoms with van der Waals surface area (Å²) in [6, 6.07) is 9.06. The quantitative estimate of drug-likeness (QED) is 0.814. The van der Waals surface area contributed by atoms with Crippen LogP contribution in [0.5, 0.6) is 0 Å². The van der Waals surface area contributed by atoms with Gasteiger partial charge >= 0.3 is 5.97 Å². The van der Waals surface area contributed by atoms with E-state index in [4.69, 9.17) is 9.63 Å². The fraction of sp³-hybridized carbons (Fsp3) is 0.267. The number of nitrogens with one attached hydrogen (secondary N) is 1. The van der Waals surface area contributed by atoms with Crippen LogP contribution in [0.3, 0.4) is 0 Å². The highest BCUT2D eigenvalue weighted by Gasteiger charge is 2.08. The lowest BCUT2D eigenvalue weighted by Crippen LogP contribution is -2.14. The molecule has 2 N–H and O–H groups in total. The summed E-state index contributed by atoms with van der Waals surface area (Å²) in [7, 11) is 0. The van der Waals surface area contributed by atoms with Crippen LogP contribution in [0.4, 0.5) is 5.69 Å². The molecule has 2 rings (SSSR count). The highest BCUT2D eigenvalue weighted by Crippen LogP contribution is 2.17. The summed E-state index contributed by atoms with van der Waals surface area (Å²) < 4.78 is 4.92. The fourth-order valence-corrected chi connectivity index (χ4v) is 2.56. The first-order valence-electron chi connectivity index (χ1n) is 6.63. The van der Waals surface area contributed by atoms with Gasteiger partial charge < -0.3 is 14.9 Å². The molecule has 0 bridgehead atoms. The summed E-state index contributed by atoms with van der Waals surface area (Å²) in [5.74, 6) is 0.293. The molecule has 1 aromatic carbocycles. The lowest BCUT2D eigenvalue weighted by Gasteiger charge is -2.06. The summed E-state index contributed by atoms with van der Waals surface area (Å²) in [6.45, 7) is 1.77. The minimum Gasteiger partial charge on any atom is -0.481 e. The molecule has 0 spiro atoms. The van der Waals surface area contributed by atoms with Crippen LogP contribution < -0.4 is 5.32 Å². The molecule has 1 heterocycles. The minimum atomic E-state index is -0.836. The Labute approximate surface area is 131 Å². The van der Waals surface area contributed by atoms with Gasteiger partial charge in [-0.15, -0.1) is 11.8 Å². The number of aryl methyl sites for hydroxylation is 1. The number of benzene rings is 1. The number of nitrogens with zero attached hydrogens (tertiary/aromatic N) is 1. The van der Waals surface area contributed by atoms with Crippen LogP contribution in [-0.2, 0) is 21.8 Å². The number of rotatable bonds is 7. The van der Waals surface area contributed by atoms with E-state index in [-0.39, 0.29) is 18.1 Å². The molecule has 0 aliphatic heterocycles. The lowest BCUT2D eigenvalue weighted by molar-refractivity contribution is -0.133. The number of aliphatic carboxylic acids is 1. The number of hydrogen-bond donors (Lipinski definition) is 2. The zero-order valence-corrected chi connectivity index (χ0v) is 12.9. The molecule has 2 aromatic rings. The smallest absolute Gasteiger partial charge is 0.313 e. The number of anilines is 1. The first kappa shape index (κ1) is 16.1. The van der Waals surface area contributed by atoms with Gasteiger partial charge in [0, 0.05) is 17.5 Å². The number of carbonyl (C=O) groups is 2. The van der Waals surface area contributed by atoms with E-state index in [0.717, 1.165) is 5.56 Å². The average molecular weight is 320 g/mol. The molecule has 0 saturated carbocycles. The van der Waals surface area contributed by atoms with E-state index in [9.17, 15) is 9.59 Å². The first-order valence-corrected chi connectivity index (χ1v) is 7.79. The van der Waals surface area contributed by atoms with Gasteiger partial charge in [0.1, 0.15) is 5.76 Å². The Bertz CT molecular complexity index is 669. The van der Waals surface area contributed by atoms with Crippen LogP contribution in [0.1, 0.15) is 17.0 Å². The van der Waals surface area contributed by atoms with Crippen molar-refractivity contribution < 1.29 is 19.2 Å². The number of carboxylic acid groups (broad SMARTS) is 1. The molecule has 7 heteroatoms. The van der Waals surface area contributed by atoms with E-state index >= 15 is 0 Å². The number of hydrogen-bond acceptors (Lipinski definition) is 5. The summed E-state index contributed by atoms with van der Waals surface area (Å²) >= 11 is 1.31. The Morgan fingerprint density at radius 3 is 2.86 bits per heavy atom. The van der Waals surface area contributed by atoms with Gasteiger partial charge in [-0.1, -0.05) is 17.3 Å². The van der Waals surface area contributed by atoms with Gasteiger partial charge in [-0.3, -0.25) is 9.59 Å². The maximum Gasteiger partial charge on any atom is 0.313 e. The highest BCUT2D eigenvalue weighted by atomic mass is 32.2. The standard InChI is InChI=1S/C15H16N2O4S/c1-10-5-13(17-21-10)7-14(18)16-12-4-2-3-11(6-12)8-22-9-15(19)20/h2-6H,7-9H2,1H3,(H,16,18)(H,19,20). The molecule has 6 nitrogen and oxygen atoms in total. The van der Waals surface area contributed by atoms with Gasteiger partial charge in [0.2, 0.25) is 5.91 Å². The molecular formula is C15H16N2O4S. The van der Waals surface area contributed by atoms with E-state index < -0.39 is 5.97 Å². The largest absolute Gasteiger partial charge is 0.481 e. The van der Waals surface area contributed by atoms with Crippen LogP contribution in [0.2, 0.25) is 0 Å². The molecule has 0 aliphatic carbocycles. The maximum atomic E-state index is 11.9. The molecule has 0 radical (unpaired) electrons. The van der Waals surface area contributed by atoms with Crippen molar-refractivity contribution in [3.8, 4) is 0 Å². The SMILES string of the molecule is Cc1cc(CC(=O)Nc2cccc(CSCC(=O)O)c2)no1. The van der Waals surface area contributed by atoms with Crippen molar-refractivity contribution in [1.29, 1.82) is 0 Å². The molecule has 0 fully saturated rings. The Morgan fingerprint density at radius 1 is 1.36 bits per heavy atom. The summed E-state index contributed by atoms with van der Waals surface area (Å²) in [5, 5.41) is 15.2. The molecule has 0 atom stereocenters. The second-order valence-corrected chi connectivity index (χ2v) is 5.73. The lowest BCUT2D eigenvalue weighted by atomic mass is 10.2. The summed E-state index contributed by atoms with van der Waals surface area (Å²) in [5.41, 5.74) is 2.23. The minimum absolute atomic E-state index is 0.0576. The van der Waals surface area contributed by atoms with Gasteiger partial charge in [0.05, 0.1) is 17.9 Å². The Hall–Kier alpha value is -2.28. The summed E-state index contributed by atoms with van der Waals surface area (Å²) in [4.78, 5) is 22.4. The van der Waals surface area contributed by atoms with Crippen LogP contribution >= 0.6 is 11.8 Å². The van der Waals surface area contributed by atoms with Gasteiger partial charge in [0.15, 0.2) is 0 Å². The molecule has 116 valence electrons. The maximum absolute atomic E-state index is 11.9. The zero-order valence-electron chi connectivity index (χ0n) is 12.0. The van der Waals surface area contributed by atoms with Crippen molar-refractivity contribution >= 4 is 29.3 Å². The molecule has 22 heavy (non-hydrogen) atoms. The molecule has 1 amide bonds. The van der Waals surface area contributed by atoms with Gasteiger partial charge in [-0.05, 0) is 24.6 Å². The van der Waals surface area contributed by atoms with E-state index in [1.807, 2.05) is 18.2 Å². The predicted molar refractivity (Wildman–Crippen MR) is 83.8 cm³/mol. The second-order valence-electron chi connectivity index (χ2n) is 4.74. The second kappa shape index (κ2) is 7.65. The highest BCUT2D eigenvalue weighted by molar-refractivity contribution is 7.99. The topological polar surface area (TPSA) is 92.4 Å². The van der Waals surface area contributed by atoms with Crippen molar-refractivity contribution in [2.75, 3.05) is 11.1 Å². The molecule has 0 unspecified atom stereocenters. The Kier molecular flexibility index (Phi) is 5.60. The Balaban J connectivity index is 1.89. The number of aromatic nitrogens is 1. The monoisotopic (exact) mass is 320 g/mol. The number of carbonyl (C=O) groups excluding carboxylic acids is 1. The van der Waals surface area contributed by atoms with E-state index in [2.05, 4.69) is 10.5 Å². The van der Waals surface area contributed by atoms with Crippen LogP contribution in [0, 0.1) is 6.92 Å². The third kappa shape index (κ3) is 5.25. The number of carboxylic acids is 1. The number of amides is 1. The van der Waals surface area contributed by atoms with Crippen molar-refractivity contribution in [1.82, 2.24) is 5.16 Å². The molecule has 0 aliphatic rings. The summed E-state index contributed by atoms with van der Waals surface area (Å²) in [6.07, 6.45) is 0.148. The Morgan fingerprint density at radius 2 is 2.18 bits per heavy atom. The van der Waals surface area contributed by atoms with Crippen molar-refractivity contribution in [2.45, 2.75) is 19.1 Å². The third-order valence-corrected chi connectivity index (χ3v) is 3.71. The van der Waals surface area contributed by atoms with E-state index in [1.165, 1.54) is 11.8 Å². The van der Waals surface area contributed by atoms with E-state index in [0.29, 0.717) is 22.9 Å². The molecule has 0 saturated heterocycles. The van der Waals surface area contributed by atoms with Gasteiger partial charge in [-0.25, -0.2) is 0 Å². The molecular weight excluding hydrogens is 304 g/mol. The van der Waals surface area contributed by atoms with Crippen LogP contribution in [-0.4, -0.2) is 27.9 Å². The third-order valence-electron chi connectivity index (χ3n) is 2.72. The normalized spacial score (nSPS) is 10.4. The van der Waals surface area contributed by atoms with Crippen LogP contribution in [0.15, 0.2) is 34.9 Å².